The number of aliphatic hydroxyl groups excluding tert-OH is 1. The summed E-state index contributed by atoms with van der Waals surface area (Å²) in [6, 6.07) is 3.80. The van der Waals surface area contributed by atoms with Gasteiger partial charge in [-0.3, -0.25) is 14.3 Å². The average molecular weight is 659 g/mol. The van der Waals surface area contributed by atoms with Gasteiger partial charge in [-0.1, -0.05) is 17.5 Å². The molecule has 3 aromatic rings. The SMILES string of the molecule is C#CCn1cc(-c2cnc(C(=O)Nc3ccc(C(=O)NC4[C@H]5CN(C(=O)N[C@@H]6CCC[C@H]6O)C[C@@H]45)c(Cl)c3)n2C)c(C(F)(F)F)n1. The first kappa shape index (κ1) is 31.4. The summed E-state index contributed by atoms with van der Waals surface area (Å²) in [7, 11) is 1.40. The van der Waals surface area contributed by atoms with Crippen LogP contribution >= 0.6 is 11.6 Å². The normalized spacial score (nSPS) is 23.5. The Kier molecular flexibility index (Phi) is 8.20. The summed E-state index contributed by atoms with van der Waals surface area (Å²) in [5.74, 6) is 1.21. The van der Waals surface area contributed by atoms with Crippen LogP contribution in [-0.2, 0) is 19.8 Å². The number of carbonyl (C=O) groups excluding carboxylic acids is 3. The number of rotatable bonds is 7. The lowest BCUT2D eigenvalue weighted by Crippen LogP contribution is -2.48. The van der Waals surface area contributed by atoms with Crippen LogP contribution in [0.25, 0.3) is 11.3 Å². The molecule has 46 heavy (non-hydrogen) atoms. The summed E-state index contributed by atoms with van der Waals surface area (Å²) in [5, 5.41) is 22.1. The van der Waals surface area contributed by atoms with Gasteiger partial charge in [-0.05, 0) is 37.5 Å². The van der Waals surface area contributed by atoms with Crippen molar-refractivity contribution in [3.8, 4) is 23.6 Å². The molecule has 1 aliphatic heterocycles. The van der Waals surface area contributed by atoms with E-state index < -0.39 is 29.8 Å². The largest absolute Gasteiger partial charge is 0.435 e. The lowest BCUT2D eigenvalue weighted by molar-refractivity contribution is -0.141. The number of imidazole rings is 1. The highest BCUT2D eigenvalue weighted by Gasteiger charge is 2.57. The maximum Gasteiger partial charge on any atom is 0.435 e. The second-order valence-corrected chi connectivity index (χ2v) is 12.2. The number of fused-ring (bicyclic) bond motifs is 1. The number of nitrogens with zero attached hydrogens (tertiary/aromatic N) is 5. The van der Waals surface area contributed by atoms with Gasteiger partial charge in [0.2, 0.25) is 0 Å². The van der Waals surface area contributed by atoms with Gasteiger partial charge in [-0.2, -0.15) is 18.3 Å². The Balaban J connectivity index is 1.06. The number of hydrogen-bond acceptors (Lipinski definition) is 6. The van der Waals surface area contributed by atoms with E-state index in [0.29, 0.717) is 19.5 Å². The zero-order valence-electron chi connectivity index (χ0n) is 24.5. The molecule has 5 atom stereocenters. The number of halogens is 4. The summed E-state index contributed by atoms with van der Waals surface area (Å²) in [6.45, 7) is 0.834. The predicted octanol–water partition coefficient (Wildman–Crippen LogP) is 3.12. The minimum Gasteiger partial charge on any atom is -0.391 e. The molecule has 3 aliphatic rings. The van der Waals surface area contributed by atoms with Gasteiger partial charge in [0.05, 0.1) is 40.2 Å². The summed E-state index contributed by atoms with van der Waals surface area (Å²) in [4.78, 5) is 44.3. The Hall–Kier alpha value is -4.55. The van der Waals surface area contributed by atoms with Crippen molar-refractivity contribution in [2.75, 3.05) is 18.4 Å². The number of aliphatic hydroxyl groups is 1. The molecule has 3 heterocycles. The van der Waals surface area contributed by atoms with E-state index in [0.717, 1.165) is 29.9 Å². The van der Waals surface area contributed by atoms with Gasteiger partial charge in [0, 0.05) is 49.9 Å². The van der Waals surface area contributed by atoms with Gasteiger partial charge in [0.1, 0.15) is 6.54 Å². The highest BCUT2D eigenvalue weighted by atomic mass is 35.5. The molecule has 2 aromatic heterocycles. The number of urea groups is 1. The highest BCUT2D eigenvalue weighted by molar-refractivity contribution is 6.34. The number of likely N-dealkylation sites (tertiary alicyclic amines) is 1. The van der Waals surface area contributed by atoms with E-state index >= 15 is 0 Å². The molecule has 16 heteroatoms. The van der Waals surface area contributed by atoms with Crippen molar-refractivity contribution in [1.29, 1.82) is 0 Å². The third-order valence-electron chi connectivity index (χ3n) is 8.79. The first-order chi connectivity index (χ1) is 21.8. The fraction of sp³-hybridized carbons (Fsp3) is 0.433. The second kappa shape index (κ2) is 12.0. The number of nitrogens with one attached hydrogen (secondary N) is 3. The Bertz CT molecular complexity index is 1740. The molecule has 12 nitrogen and oxygen atoms in total. The molecule has 3 fully saturated rings. The molecule has 242 valence electrons. The molecule has 4 N–H and O–H groups in total. The Morgan fingerprint density at radius 1 is 1.15 bits per heavy atom. The third kappa shape index (κ3) is 6.02. The molecule has 4 amide bonds. The fourth-order valence-electron chi connectivity index (χ4n) is 6.32. The van der Waals surface area contributed by atoms with E-state index in [1.807, 2.05) is 0 Å². The Morgan fingerprint density at radius 2 is 1.89 bits per heavy atom. The molecular formula is C30H30ClF3N8O4. The number of aromatic nitrogens is 4. The minimum absolute atomic E-state index is 0.00648. The van der Waals surface area contributed by atoms with Crippen molar-refractivity contribution in [2.24, 2.45) is 18.9 Å². The van der Waals surface area contributed by atoms with E-state index in [1.165, 1.54) is 29.8 Å². The summed E-state index contributed by atoms with van der Waals surface area (Å²) in [5.41, 5.74) is -0.999. The van der Waals surface area contributed by atoms with Gasteiger partial charge in [-0.15, -0.1) is 6.42 Å². The molecule has 0 spiro atoms. The number of amides is 4. The summed E-state index contributed by atoms with van der Waals surface area (Å²) in [6.07, 6.45) is 4.55. The van der Waals surface area contributed by atoms with Crippen LogP contribution in [0.15, 0.2) is 30.6 Å². The van der Waals surface area contributed by atoms with Gasteiger partial charge in [-0.25, -0.2) is 9.78 Å². The fourth-order valence-corrected chi connectivity index (χ4v) is 6.59. The van der Waals surface area contributed by atoms with Crippen molar-refractivity contribution >= 4 is 35.1 Å². The number of benzene rings is 1. The van der Waals surface area contributed by atoms with E-state index in [4.69, 9.17) is 18.0 Å². The quantitative estimate of drug-likeness (QED) is 0.287. The average Bonchev–Trinajstić information content (AvgIpc) is 3.55. The summed E-state index contributed by atoms with van der Waals surface area (Å²) >= 11 is 6.39. The number of carbonyl (C=O) groups is 3. The number of piperidine rings is 1. The Labute approximate surface area is 266 Å². The van der Waals surface area contributed by atoms with Gasteiger partial charge < -0.3 is 30.5 Å². The molecule has 1 saturated heterocycles. The van der Waals surface area contributed by atoms with Gasteiger partial charge >= 0.3 is 12.2 Å². The van der Waals surface area contributed by atoms with Crippen LogP contribution < -0.4 is 16.0 Å². The van der Waals surface area contributed by atoms with E-state index in [9.17, 15) is 32.7 Å². The number of hydrogen-bond donors (Lipinski definition) is 4. The van der Waals surface area contributed by atoms with Crippen LogP contribution in [-0.4, -0.2) is 78.5 Å². The lowest BCUT2D eigenvalue weighted by atomic mass is 10.2. The molecule has 1 aromatic carbocycles. The molecule has 1 unspecified atom stereocenters. The zero-order chi connectivity index (χ0) is 32.9. The van der Waals surface area contributed by atoms with Crippen LogP contribution in [0.1, 0.15) is 45.9 Å². The van der Waals surface area contributed by atoms with Crippen molar-refractivity contribution in [2.45, 2.75) is 50.2 Å². The van der Waals surface area contributed by atoms with Crippen LogP contribution in [0.5, 0.6) is 0 Å². The van der Waals surface area contributed by atoms with Gasteiger partial charge in [0.25, 0.3) is 11.8 Å². The number of anilines is 1. The van der Waals surface area contributed by atoms with Crippen LogP contribution in [0.4, 0.5) is 23.7 Å². The summed E-state index contributed by atoms with van der Waals surface area (Å²) < 4.78 is 43.1. The zero-order valence-corrected chi connectivity index (χ0v) is 25.3. The molecule has 0 radical (unpaired) electrons. The standard InChI is InChI=1S/C30H30ClF3N8O4/c1-3-9-42-14-19(25(39-42)30(32,33)34)22-11-35-26(40(22)2)28(45)36-15-7-8-16(20(31)10-15)27(44)38-24-17-12-41(13-18(17)24)29(46)37-21-5-4-6-23(21)43/h1,7-8,10-11,14,17-18,21,23-24,43H,4-6,9,12-13H2,2H3,(H,36,45)(H,37,46)(H,38,44)/t17-,18+,21-,23-,24?/m1/s1. The van der Waals surface area contributed by atoms with Gasteiger partial charge in [0.15, 0.2) is 11.5 Å². The number of terminal acetylenes is 1. The minimum atomic E-state index is -4.76. The molecule has 2 aliphatic carbocycles. The monoisotopic (exact) mass is 658 g/mol. The van der Waals surface area contributed by atoms with E-state index in [2.05, 4.69) is 32.0 Å². The van der Waals surface area contributed by atoms with Crippen LogP contribution in [0.3, 0.4) is 0 Å². The van der Waals surface area contributed by atoms with Crippen molar-refractivity contribution in [3.63, 3.8) is 0 Å². The van der Waals surface area contributed by atoms with Crippen molar-refractivity contribution < 1.29 is 32.7 Å². The van der Waals surface area contributed by atoms with Crippen LogP contribution in [0.2, 0.25) is 5.02 Å². The molecule has 2 saturated carbocycles. The maximum atomic E-state index is 13.6. The molecule has 6 rings (SSSR count). The topological polar surface area (TPSA) is 146 Å². The first-order valence-corrected chi connectivity index (χ1v) is 15.0. The van der Waals surface area contributed by atoms with E-state index in [1.54, 1.807) is 4.90 Å². The van der Waals surface area contributed by atoms with Crippen molar-refractivity contribution in [1.82, 2.24) is 34.9 Å². The first-order valence-electron chi connectivity index (χ1n) is 14.6. The second-order valence-electron chi connectivity index (χ2n) is 11.8. The van der Waals surface area contributed by atoms with Crippen LogP contribution in [0, 0.1) is 24.2 Å². The van der Waals surface area contributed by atoms with E-state index in [-0.39, 0.29) is 69.9 Å². The predicted molar refractivity (Wildman–Crippen MR) is 160 cm³/mol. The molecule has 0 bridgehead atoms. The number of alkyl halides is 3. The highest BCUT2D eigenvalue weighted by Crippen LogP contribution is 2.46. The maximum absolute atomic E-state index is 13.6. The Morgan fingerprint density at radius 3 is 2.52 bits per heavy atom. The third-order valence-corrected chi connectivity index (χ3v) is 9.10. The molecular weight excluding hydrogens is 629 g/mol. The smallest absolute Gasteiger partial charge is 0.391 e. The lowest BCUT2D eigenvalue weighted by Gasteiger charge is -2.24. The van der Waals surface area contributed by atoms with Crippen molar-refractivity contribution in [3.05, 3.63) is 52.7 Å².